The van der Waals surface area contributed by atoms with Gasteiger partial charge in [-0.3, -0.25) is 4.98 Å². The molecule has 0 aliphatic heterocycles. The number of hydrogen-bond acceptors (Lipinski definition) is 6. The Hall–Kier alpha value is -2.60. The van der Waals surface area contributed by atoms with Crippen molar-refractivity contribution in [2.45, 2.75) is 13.5 Å². The second-order valence-corrected chi connectivity index (χ2v) is 6.18. The number of pyridine rings is 1. The van der Waals surface area contributed by atoms with E-state index in [1.165, 1.54) is 0 Å². The summed E-state index contributed by atoms with van der Waals surface area (Å²) in [6, 6.07) is 7.66. The molecule has 5 nitrogen and oxygen atoms in total. The second-order valence-electron chi connectivity index (χ2n) is 5.12. The van der Waals surface area contributed by atoms with Gasteiger partial charge in [-0.05, 0) is 30.7 Å². The van der Waals surface area contributed by atoms with Crippen molar-refractivity contribution in [2.24, 2.45) is 0 Å². The first-order valence-corrected chi connectivity index (χ1v) is 8.29. The van der Waals surface area contributed by atoms with Gasteiger partial charge in [0.25, 0.3) is 0 Å². The van der Waals surface area contributed by atoms with Crippen LogP contribution < -0.4 is 14.2 Å². The summed E-state index contributed by atoms with van der Waals surface area (Å²) in [5.41, 5.74) is 2.79. The number of thiazole rings is 1. The Morgan fingerprint density at radius 2 is 1.92 bits per heavy atom. The molecule has 1 aromatic carbocycles. The van der Waals surface area contributed by atoms with Gasteiger partial charge < -0.3 is 14.2 Å². The van der Waals surface area contributed by atoms with Crippen molar-refractivity contribution in [3.8, 4) is 28.4 Å². The number of aryl methyl sites for hydroxylation is 1. The summed E-state index contributed by atoms with van der Waals surface area (Å²) in [6.45, 7) is 2.40. The zero-order valence-electron chi connectivity index (χ0n) is 13.8. The first-order chi connectivity index (χ1) is 11.7. The molecule has 0 fully saturated rings. The summed E-state index contributed by atoms with van der Waals surface area (Å²) < 4.78 is 16.7. The van der Waals surface area contributed by atoms with E-state index < -0.39 is 0 Å². The number of methoxy groups -OCH3 is 2. The van der Waals surface area contributed by atoms with Gasteiger partial charge in [0.15, 0.2) is 0 Å². The average Bonchev–Trinajstić information content (AvgIpc) is 3.05. The molecule has 0 saturated carbocycles. The molecular weight excluding hydrogens is 324 g/mol. The number of aromatic nitrogens is 2. The smallest absolute Gasteiger partial charge is 0.144 e. The molecule has 3 aromatic rings. The van der Waals surface area contributed by atoms with Crippen LogP contribution in [0.25, 0.3) is 11.1 Å². The lowest BCUT2D eigenvalue weighted by atomic mass is 10.1. The van der Waals surface area contributed by atoms with Crippen molar-refractivity contribution in [2.75, 3.05) is 14.2 Å². The number of ether oxygens (including phenoxy) is 3. The van der Waals surface area contributed by atoms with Crippen LogP contribution in [0.3, 0.4) is 0 Å². The Kier molecular flexibility index (Phi) is 4.96. The zero-order valence-corrected chi connectivity index (χ0v) is 14.6. The van der Waals surface area contributed by atoms with E-state index in [2.05, 4.69) is 9.97 Å². The molecule has 0 unspecified atom stereocenters. The molecular formula is C18H18N2O3S. The maximum atomic E-state index is 5.89. The van der Waals surface area contributed by atoms with Crippen molar-refractivity contribution in [3.63, 3.8) is 0 Å². The van der Waals surface area contributed by atoms with Gasteiger partial charge in [0.1, 0.15) is 23.9 Å². The van der Waals surface area contributed by atoms with Gasteiger partial charge in [-0.15, -0.1) is 11.3 Å². The summed E-state index contributed by atoms with van der Waals surface area (Å²) in [7, 11) is 3.26. The van der Waals surface area contributed by atoms with Crippen LogP contribution in [0.5, 0.6) is 17.2 Å². The fraction of sp³-hybridized carbons (Fsp3) is 0.222. The highest BCUT2D eigenvalue weighted by molar-refractivity contribution is 7.09. The quantitative estimate of drug-likeness (QED) is 0.675. The average molecular weight is 342 g/mol. The third-order valence-electron chi connectivity index (χ3n) is 3.48. The molecule has 0 radical (unpaired) electrons. The highest BCUT2D eigenvalue weighted by atomic mass is 32.1. The van der Waals surface area contributed by atoms with E-state index in [-0.39, 0.29) is 0 Å². The van der Waals surface area contributed by atoms with Crippen molar-refractivity contribution in [3.05, 3.63) is 52.7 Å². The first-order valence-electron chi connectivity index (χ1n) is 7.41. The van der Waals surface area contributed by atoms with Crippen LogP contribution in [0.15, 0.2) is 42.0 Å². The standard InChI is InChI=1S/C18H18N2O3S/c1-12-20-14(11-24-12)10-23-16-7-13(6-15(8-16)21-2)17-4-5-19-9-18(17)22-3/h4-9,11H,10H2,1-3H3. The Labute approximate surface area is 144 Å². The van der Waals surface area contributed by atoms with Crippen molar-refractivity contribution < 1.29 is 14.2 Å². The molecule has 124 valence electrons. The summed E-state index contributed by atoms with van der Waals surface area (Å²) in [4.78, 5) is 8.50. The third kappa shape index (κ3) is 3.65. The lowest BCUT2D eigenvalue weighted by Crippen LogP contribution is -1.97. The Balaban J connectivity index is 1.90. The Morgan fingerprint density at radius 3 is 2.62 bits per heavy atom. The van der Waals surface area contributed by atoms with Gasteiger partial charge in [-0.2, -0.15) is 0 Å². The largest absolute Gasteiger partial charge is 0.497 e. The van der Waals surface area contributed by atoms with Crippen molar-refractivity contribution in [1.82, 2.24) is 9.97 Å². The van der Waals surface area contributed by atoms with E-state index in [1.807, 2.05) is 36.6 Å². The molecule has 0 bridgehead atoms. The minimum absolute atomic E-state index is 0.421. The summed E-state index contributed by atoms with van der Waals surface area (Å²) in [5.74, 6) is 2.14. The van der Waals surface area contributed by atoms with E-state index >= 15 is 0 Å². The molecule has 0 atom stereocenters. The van der Waals surface area contributed by atoms with Crippen molar-refractivity contribution >= 4 is 11.3 Å². The van der Waals surface area contributed by atoms with Gasteiger partial charge in [0.2, 0.25) is 0 Å². The third-order valence-corrected chi connectivity index (χ3v) is 4.31. The van der Waals surface area contributed by atoms with Crippen LogP contribution in [-0.4, -0.2) is 24.2 Å². The monoisotopic (exact) mass is 342 g/mol. The lowest BCUT2D eigenvalue weighted by Gasteiger charge is -2.12. The van der Waals surface area contributed by atoms with Gasteiger partial charge >= 0.3 is 0 Å². The number of benzene rings is 1. The van der Waals surface area contributed by atoms with Crippen LogP contribution in [0.4, 0.5) is 0 Å². The van der Waals surface area contributed by atoms with E-state index in [0.29, 0.717) is 18.1 Å². The molecule has 6 heteroatoms. The topological polar surface area (TPSA) is 53.5 Å². The predicted octanol–water partition coefficient (Wildman–Crippen LogP) is 4.11. The highest BCUT2D eigenvalue weighted by Gasteiger charge is 2.10. The zero-order chi connectivity index (χ0) is 16.9. The van der Waals surface area contributed by atoms with Crippen LogP contribution in [0, 0.1) is 6.92 Å². The highest BCUT2D eigenvalue weighted by Crippen LogP contribution is 2.34. The maximum absolute atomic E-state index is 5.89. The Bertz CT molecular complexity index is 833. The molecule has 0 saturated heterocycles. The molecule has 0 aliphatic carbocycles. The molecule has 24 heavy (non-hydrogen) atoms. The molecule has 0 spiro atoms. The summed E-state index contributed by atoms with van der Waals surface area (Å²) >= 11 is 1.61. The van der Waals surface area contributed by atoms with Gasteiger partial charge in [-0.25, -0.2) is 4.98 Å². The summed E-state index contributed by atoms with van der Waals surface area (Å²) in [6.07, 6.45) is 3.42. The number of rotatable bonds is 6. The lowest BCUT2D eigenvalue weighted by molar-refractivity contribution is 0.299. The van der Waals surface area contributed by atoms with Crippen LogP contribution in [-0.2, 0) is 6.61 Å². The van der Waals surface area contributed by atoms with E-state index in [4.69, 9.17) is 14.2 Å². The van der Waals surface area contributed by atoms with Gasteiger partial charge in [0.05, 0.1) is 31.1 Å². The van der Waals surface area contributed by atoms with E-state index in [9.17, 15) is 0 Å². The SMILES string of the molecule is COc1cc(OCc2csc(C)n2)cc(-c2ccncc2OC)c1. The van der Waals surface area contributed by atoms with Crippen LogP contribution in [0.1, 0.15) is 10.7 Å². The van der Waals surface area contributed by atoms with Crippen molar-refractivity contribution in [1.29, 1.82) is 0 Å². The van der Waals surface area contributed by atoms with E-state index in [0.717, 1.165) is 27.6 Å². The fourth-order valence-electron chi connectivity index (χ4n) is 2.34. The molecule has 3 rings (SSSR count). The second kappa shape index (κ2) is 7.31. The normalized spacial score (nSPS) is 10.5. The van der Waals surface area contributed by atoms with Gasteiger partial charge in [0, 0.05) is 23.2 Å². The molecule has 0 amide bonds. The van der Waals surface area contributed by atoms with Crippen LogP contribution >= 0.6 is 11.3 Å². The minimum Gasteiger partial charge on any atom is -0.497 e. The molecule has 2 aromatic heterocycles. The predicted molar refractivity (Wildman–Crippen MR) is 94.0 cm³/mol. The minimum atomic E-state index is 0.421. The van der Waals surface area contributed by atoms with Crippen LogP contribution in [0.2, 0.25) is 0 Å². The number of nitrogens with zero attached hydrogens (tertiary/aromatic N) is 2. The molecule has 2 heterocycles. The van der Waals surface area contributed by atoms with E-state index in [1.54, 1.807) is 38.0 Å². The summed E-state index contributed by atoms with van der Waals surface area (Å²) in [5, 5.41) is 3.03. The van der Waals surface area contributed by atoms with Gasteiger partial charge in [-0.1, -0.05) is 0 Å². The number of hydrogen-bond donors (Lipinski definition) is 0. The fourth-order valence-corrected chi connectivity index (χ4v) is 2.94. The molecule has 0 aliphatic rings. The first kappa shape index (κ1) is 16.3. The Morgan fingerprint density at radius 1 is 1.08 bits per heavy atom. The molecule has 0 N–H and O–H groups in total. The maximum Gasteiger partial charge on any atom is 0.144 e.